The summed E-state index contributed by atoms with van der Waals surface area (Å²) in [5.74, 6) is -2.87. The number of benzene rings is 2. The van der Waals surface area contributed by atoms with E-state index in [0.29, 0.717) is 0 Å². The number of alkyl halides is 3. The van der Waals surface area contributed by atoms with Gasteiger partial charge in [-0.1, -0.05) is 6.07 Å². The van der Waals surface area contributed by atoms with E-state index in [2.05, 4.69) is 25.3 Å². The van der Waals surface area contributed by atoms with Crippen LogP contribution in [0, 0.1) is 11.6 Å². The monoisotopic (exact) mass is 416 g/mol. The molecule has 2 aromatic carbocycles. The Morgan fingerprint density at radius 3 is 2.46 bits per heavy atom. The zero-order valence-electron chi connectivity index (χ0n) is 13.5. The summed E-state index contributed by atoms with van der Waals surface area (Å²) in [5.41, 5.74) is -0.531. The first-order valence-corrected chi connectivity index (χ1v) is 7.82. The molecule has 0 aliphatic heterocycles. The summed E-state index contributed by atoms with van der Waals surface area (Å²) in [5, 5.41) is 18.9. The number of nitrogens with zero attached hydrogens (tertiary/aromatic N) is 2. The number of fused-ring (bicyclic) bond motifs is 1. The standard InChI is InChI=1S/C16H9F5N4O2S/c17-9-2-1-3-10(18)13(9)23-15(28)25-24-12-8-6-7(27-16(19,20)21)4-5-11(8)22-14(12)26/h1-6,22,26H,(H,23,28). The molecular weight excluding hydrogens is 407 g/mol. The molecule has 3 N–H and O–H groups in total. The van der Waals surface area contributed by atoms with Gasteiger partial charge in [0.1, 0.15) is 23.1 Å². The van der Waals surface area contributed by atoms with Gasteiger partial charge in [-0.3, -0.25) is 0 Å². The average molecular weight is 416 g/mol. The van der Waals surface area contributed by atoms with Crippen LogP contribution in [0.5, 0.6) is 11.6 Å². The summed E-state index contributed by atoms with van der Waals surface area (Å²) < 4.78 is 68.1. The van der Waals surface area contributed by atoms with E-state index in [1.807, 2.05) is 0 Å². The largest absolute Gasteiger partial charge is 0.573 e. The van der Waals surface area contributed by atoms with Crippen molar-refractivity contribution in [2.45, 2.75) is 6.36 Å². The first-order chi connectivity index (χ1) is 13.1. The van der Waals surface area contributed by atoms with E-state index in [1.165, 1.54) is 6.07 Å². The van der Waals surface area contributed by atoms with Crippen molar-refractivity contribution in [2.24, 2.45) is 10.2 Å². The molecule has 0 atom stereocenters. The summed E-state index contributed by atoms with van der Waals surface area (Å²) in [6, 6.07) is 6.42. The van der Waals surface area contributed by atoms with Gasteiger partial charge in [-0.05, 0) is 42.5 Å². The number of thiocarbonyl (C=S) groups is 1. The highest BCUT2D eigenvalue weighted by Gasteiger charge is 2.31. The number of ether oxygens (including phenoxy) is 1. The molecule has 0 aliphatic rings. The van der Waals surface area contributed by atoms with E-state index >= 15 is 0 Å². The number of halogens is 5. The number of rotatable bonds is 3. The fourth-order valence-corrected chi connectivity index (χ4v) is 2.43. The van der Waals surface area contributed by atoms with E-state index in [9.17, 15) is 27.1 Å². The van der Waals surface area contributed by atoms with Gasteiger partial charge in [-0.15, -0.1) is 23.4 Å². The number of azo groups is 1. The van der Waals surface area contributed by atoms with Crippen molar-refractivity contribution in [3.8, 4) is 11.6 Å². The minimum atomic E-state index is -4.90. The molecule has 12 heteroatoms. The maximum absolute atomic E-state index is 13.6. The predicted octanol–water partition coefficient (Wildman–Crippen LogP) is 5.53. The third-order valence-corrected chi connectivity index (χ3v) is 3.58. The van der Waals surface area contributed by atoms with Crippen LogP contribution in [0.3, 0.4) is 0 Å². The van der Waals surface area contributed by atoms with E-state index in [-0.39, 0.29) is 16.6 Å². The maximum atomic E-state index is 13.6. The SMILES string of the molecule is Oc1[nH]c2ccc(OC(F)(F)F)cc2c1N=NC(=S)Nc1c(F)cccc1F. The molecular formula is C16H9F5N4O2S. The minimum Gasteiger partial charge on any atom is -0.493 e. The molecule has 6 nitrogen and oxygen atoms in total. The Morgan fingerprint density at radius 1 is 1.14 bits per heavy atom. The maximum Gasteiger partial charge on any atom is 0.573 e. The van der Waals surface area contributed by atoms with E-state index in [4.69, 9.17) is 12.2 Å². The van der Waals surface area contributed by atoms with Crippen LogP contribution in [0.15, 0.2) is 46.6 Å². The lowest BCUT2D eigenvalue weighted by atomic mass is 10.2. The summed E-state index contributed by atoms with van der Waals surface area (Å²) in [6.07, 6.45) is -4.90. The van der Waals surface area contributed by atoms with Crippen molar-refractivity contribution in [3.63, 3.8) is 0 Å². The van der Waals surface area contributed by atoms with Crippen molar-refractivity contribution in [1.29, 1.82) is 0 Å². The molecule has 0 bridgehead atoms. The molecule has 1 heterocycles. The number of hydrogen-bond donors (Lipinski definition) is 3. The quantitative estimate of drug-likeness (QED) is 0.298. The van der Waals surface area contributed by atoms with Crippen LogP contribution in [0.25, 0.3) is 10.9 Å². The molecule has 0 aliphatic carbocycles. The van der Waals surface area contributed by atoms with Crippen molar-refractivity contribution in [3.05, 3.63) is 48.0 Å². The third kappa shape index (κ3) is 4.34. The van der Waals surface area contributed by atoms with Crippen LogP contribution < -0.4 is 10.1 Å². The number of H-pyrrole nitrogens is 1. The summed E-state index contributed by atoms with van der Waals surface area (Å²) >= 11 is 4.82. The van der Waals surface area contributed by atoms with Crippen LogP contribution in [-0.2, 0) is 0 Å². The summed E-state index contributed by atoms with van der Waals surface area (Å²) in [6.45, 7) is 0. The Bertz CT molecular complexity index is 1060. The van der Waals surface area contributed by atoms with Crippen LogP contribution in [0.2, 0.25) is 0 Å². The third-order valence-electron chi connectivity index (χ3n) is 3.39. The average Bonchev–Trinajstić information content (AvgIpc) is 2.90. The molecule has 0 fully saturated rings. The van der Waals surface area contributed by atoms with E-state index in [1.54, 1.807) is 0 Å². The molecule has 28 heavy (non-hydrogen) atoms. The predicted molar refractivity (Wildman–Crippen MR) is 93.7 cm³/mol. The number of aromatic amines is 1. The van der Waals surface area contributed by atoms with Crippen LogP contribution in [-0.4, -0.2) is 21.6 Å². The highest BCUT2D eigenvalue weighted by Crippen LogP contribution is 2.38. The normalized spacial score (nSPS) is 11.9. The highest BCUT2D eigenvalue weighted by atomic mass is 32.1. The number of aromatic nitrogens is 1. The molecule has 3 aromatic rings. The van der Waals surface area contributed by atoms with E-state index < -0.39 is 40.4 Å². The topological polar surface area (TPSA) is 82.0 Å². The zero-order valence-corrected chi connectivity index (χ0v) is 14.3. The number of hydrogen-bond acceptors (Lipinski definition) is 4. The second-order valence-corrected chi connectivity index (χ2v) is 5.69. The molecule has 0 amide bonds. The Morgan fingerprint density at radius 2 is 1.82 bits per heavy atom. The summed E-state index contributed by atoms with van der Waals surface area (Å²) in [7, 11) is 0. The Kier molecular flexibility index (Phi) is 5.14. The van der Waals surface area contributed by atoms with Crippen molar-refractivity contribution < 1.29 is 31.8 Å². The number of anilines is 1. The number of aromatic hydroxyl groups is 1. The lowest BCUT2D eigenvalue weighted by Gasteiger charge is -2.08. The fourth-order valence-electron chi connectivity index (χ4n) is 2.29. The van der Waals surface area contributed by atoms with Gasteiger partial charge in [-0.2, -0.15) is 0 Å². The number of para-hydroxylation sites is 1. The first kappa shape index (κ1) is 19.5. The van der Waals surface area contributed by atoms with Gasteiger partial charge in [-0.25, -0.2) is 8.78 Å². The fraction of sp³-hybridized carbons (Fsp3) is 0.0625. The first-order valence-electron chi connectivity index (χ1n) is 7.41. The molecule has 146 valence electrons. The molecule has 0 unspecified atom stereocenters. The molecule has 3 rings (SSSR count). The van der Waals surface area contributed by atoms with Gasteiger partial charge in [0, 0.05) is 5.39 Å². The molecule has 0 spiro atoms. The molecule has 0 saturated carbocycles. The Labute approximate surface area is 158 Å². The highest BCUT2D eigenvalue weighted by molar-refractivity contribution is 7.80. The second-order valence-electron chi connectivity index (χ2n) is 5.30. The minimum absolute atomic E-state index is 0.0582. The molecule has 0 radical (unpaired) electrons. The van der Waals surface area contributed by atoms with Crippen LogP contribution in [0.1, 0.15) is 0 Å². The van der Waals surface area contributed by atoms with Gasteiger partial charge >= 0.3 is 6.36 Å². The van der Waals surface area contributed by atoms with E-state index in [0.717, 1.165) is 30.3 Å². The zero-order chi connectivity index (χ0) is 20.5. The van der Waals surface area contributed by atoms with Crippen molar-refractivity contribution >= 4 is 39.6 Å². The lowest BCUT2D eigenvalue weighted by molar-refractivity contribution is -0.274. The van der Waals surface area contributed by atoms with Gasteiger partial charge in [0.05, 0.1) is 5.52 Å². The summed E-state index contributed by atoms with van der Waals surface area (Å²) in [4.78, 5) is 2.49. The molecule has 1 aromatic heterocycles. The lowest BCUT2D eigenvalue weighted by Crippen LogP contribution is -2.16. The van der Waals surface area contributed by atoms with Crippen LogP contribution in [0.4, 0.5) is 33.3 Å². The number of nitrogens with one attached hydrogen (secondary N) is 2. The van der Waals surface area contributed by atoms with Gasteiger partial charge in [0.25, 0.3) is 0 Å². The smallest absolute Gasteiger partial charge is 0.493 e. The van der Waals surface area contributed by atoms with Crippen LogP contribution >= 0.6 is 12.2 Å². The van der Waals surface area contributed by atoms with Crippen molar-refractivity contribution in [2.75, 3.05) is 5.32 Å². The van der Waals surface area contributed by atoms with Crippen molar-refractivity contribution in [1.82, 2.24) is 4.98 Å². The van der Waals surface area contributed by atoms with Gasteiger partial charge in [0.15, 0.2) is 5.69 Å². The van der Waals surface area contributed by atoms with Gasteiger partial charge < -0.3 is 20.1 Å². The second kappa shape index (κ2) is 7.38. The Hall–Kier alpha value is -3.28. The van der Waals surface area contributed by atoms with Gasteiger partial charge in [0.2, 0.25) is 11.0 Å². The molecule has 0 saturated heterocycles. The Balaban J connectivity index is 1.87.